The van der Waals surface area contributed by atoms with Crippen LogP contribution < -0.4 is 5.32 Å². The minimum absolute atomic E-state index is 0.0212. The molecule has 4 heteroatoms. The van der Waals surface area contributed by atoms with Crippen LogP contribution in [0.1, 0.15) is 25.2 Å². The SMILES string of the molecule is CC(C)C(=O)NCc1nc2ccccc2n1CCc1ccccc1. The average molecular weight is 321 g/mol. The van der Waals surface area contributed by atoms with Gasteiger partial charge in [-0.2, -0.15) is 0 Å². The van der Waals surface area contributed by atoms with Gasteiger partial charge in [0.2, 0.25) is 5.91 Å². The summed E-state index contributed by atoms with van der Waals surface area (Å²) in [5, 5.41) is 2.98. The number of carbonyl (C=O) groups is 1. The van der Waals surface area contributed by atoms with Crippen LogP contribution in [0.15, 0.2) is 54.6 Å². The first-order valence-corrected chi connectivity index (χ1v) is 8.41. The third-order valence-electron chi connectivity index (χ3n) is 4.15. The van der Waals surface area contributed by atoms with E-state index in [9.17, 15) is 4.79 Å². The molecule has 0 fully saturated rings. The van der Waals surface area contributed by atoms with Crippen LogP contribution in [-0.4, -0.2) is 15.5 Å². The Morgan fingerprint density at radius 2 is 1.79 bits per heavy atom. The molecule has 0 atom stereocenters. The van der Waals surface area contributed by atoms with Gasteiger partial charge in [0.05, 0.1) is 17.6 Å². The first kappa shape index (κ1) is 16.2. The smallest absolute Gasteiger partial charge is 0.222 e. The van der Waals surface area contributed by atoms with Gasteiger partial charge in [0.1, 0.15) is 5.82 Å². The van der Waals surface area contributed by atoms with Gasteiger partial charge in [-0.05, 0) is 24.1 Å². The summed E-state index contributed by atoms with van der Waals surface area (Å²) in [5.74, 6) is 0.935. The van der Waals surface area contributed by atoms with E-state index < -0.39 is 0 Å². The van der Waals surface area contributed by atoms with Crippen molar-refractivity contribution in [2.75, 3.05) is 0 Å². The van der Waals surface area contributed by atoms with Crippen LogP contribution in [0.3, 0.4) is 0 Å². The number of rotatable bonds is 6. The lowest BCUT2D eigenvalue weighted by Gasteiger charge is -2.11. The zero-order valence-corrected chi connectivity index (χ0v) is 14.2. The van der Waals surface area contributed by atoms with E-state index in [4.69, 9.17) is 4.98 Å². The number of para-hydroxylation sites is 2. The maximum absolute atomic E-state index is 11.9. The minimum Gasteiger partial charge on any atom is -0.349 e. The van der Waals surface area contributed by atoms with E-state index in [1.807, 2.05) is 38.1 Å². The van der Waals surface area contributed by atoms with Gasteiger partial charge < -0.3 is 9.88 Å². The number of aryl methyl sites for hydroxylation is 2. The summed E-state index contributed by atoms with van der Waals surface area (Å²) in [4.78, 5) is 16.6. The van der Waals surface area contributed by atoms with Crippen LogP contribution in [0.2, 0.25) is 0 Å². The van der Waals surface area contributed by atoms with Crippen LogP contribution in [0.5, 0.6) is 0 Å². The molecule has 124 valence electrons. The molecule has 0 aliphatic rings. The molecular formula is C20H23N3O. The molecule has 0 bridgehead atoms. The number of nitrogens with one attached hydrogen (secondary N) is 1. The summed E-state index contributed by atoms with van der Waals surface area (Å²) in [5.41, 5.74) is 3.38. The van der Waals surface area contributed by atoms with Gasteiger partial charge >= 0.3 is 0 Å². The molecule has 1 N–H and O–H groups in total. The molecule has 0 saturated carbocycles. The lowest BCUT2D eigenvalue weighted by Crippen LogP contribution is -2.28. The fourth-order valence-corrected chi connectivity index (χ4v) is 2.77. The normalized spacial score (nSPS) is 11.1. The van der Waals surface area contributed by atoms with Crippen molar-refractivity contribution in [3.63, 3.8) is 0 Å². The van der Waals surface area contributed by atoms with Crippen LogP contribution in [0.4, 0.5) is 0 Å². The van der Waals surface area contributed by atoms with Crippen LogP contribution >= 0.6 is 0 Å². The predicted octanol–water partition coefficient (Wildman–Crippen LogP) is 3.55. The number of amides is 1. The second-order valence-corrected chi connectivity index (χ2v) is 6.28. The maximum Gasteiger partial charge on any atom is 0.222 e. The van der Waals surface area contributed by atoms with Crippen molar-refractivity contribution in [1.82, 2.24) is 14.9 Å². The van der Waals surface area contributed by atoms with Crippen molar-refractivity contribution in [1.29, 1.82) is 0 Å². The third kappa shape index (κ3) is 3.65. The molecule has 1 aromatic heterocycles. The van der Waals surface area contributed by atoms with Crippen molar-refractivity contribution in [2.24, 2.45) is 5.92 Å². The maximum atomic E-state index is 11.9. The quantitative estimate of drug-likeness (QED) is 0.755. The summed E-state index contributed by atoms with van der Waals surface area (Å²) in [6, 6.07) is 18.5. The van der Waals surface area contributed by atoms with E-state index in [-0.39, 0.29) is 11.8 Å². The molecule has 3 rings (SSSR count). The van der Waals surface area contributed by atoms with E-state index in [1.165, 1.54) is 5.56 Å². The summed E-state index contributed by atoms with van der Waals surface area (Å²) < 4.78 is 2.21. The molecule has 0 radical (unpaired) electrons. The molecule has 0 spiro atoms. The number of benzene rings is 2. The van der Waals surface area contributed by atoms with Gasteiger partial charge in [0, 0.05) is 12.5 Å². The fourth-order valence-electron chi connectivity index (χ4n) is 2.77. The van der Waals surface area contributed by atoms with E-state index >= 15 is 0 Å². The summed E-state index contributed by atoms with van der Waals surface area (Å²) >= 11 is 0. The molecule has 0 saturated heterocycles. The Balaban J connectivity index is 1.83. The second-order valence-electron chi connectivity index (χ2n) is 6.28. The Morgan fingerprint density at radius 1 is 1.08 bits per heavy atom. The number of carbonyl (C=O) groups excluding carboxylic acids is 1. The van der Waals surface area contributed by atoms with E-state index in [1.54, 1.807) is 0 Å². The highest BCUT2D eigenvalue weighted by Crippen LogP contribution is 2.17. The molecule has 1 amide bonds. The number of fused-ring (bicyclic) bond motifs is 1. The topological polar surface area (TPSA) is 46.9 Å². The first-order chi connectivity index (χ1) is 11.6. The van der Waals surface area contributed by atoms with Gasteiger partial charge in [0.25, 0.3) is 0 Å². The first-order valence-electron chi connectivity index (χ1n) is 8.41. The lowest BCUT2D eigenvalue weighted by atomic mass is 10.1. The fraction of sp³-hybridized carbons (Fsp3) is 0.300. The molecule has 24 heavy (non-hydrogen) atoms. The van der Waals surface area contributed by atoms with E-state index in [2.05, 4.69) is 40.2 Å². The molecular weight excluding hydrogens is 298 g/mol. The Bertz CT molecular complexity index is 821. The largest absolute Gasteiger partial charge is 0.349 e. The summed E-state index contributed by atoms with van der Waals surface area (Å²) in [7, 11) is 0. The number of nitrogens with zero attached hydrogens (tertiary/aromatic N) is 2. The summed E-state index contributed by atoms with van der Waals surface area (Å²) in [6.45, 7) is 5.10. The minimum atomic E-state index is -0.0212. The third-order valence-corrected chi connectivity index (χ3v) is 4.15. The predicted molar refractivity (Wildman–Crippen MR) is 96.6 cm³/mol. The van der Waals surface area contributed by atoms with Gasteiger partial charge in [0.15, 0.2) is 0 Å². The van der Waals surface area contributed by atoms with Crippen LogP contribution in [-0.2, 0) is 24.3 Å². The monoisotopic (exact) mass is 321 g/mol. The van der Waals surface area contributed by atoms with Gasteiger partial charge in [-0.1, -0.05) is 56.3 Å². The highest BCUT2D eigenvalue weighted by Gasteiger charge is 2.12. The molecule has 1 heterocycles. The molecule has 4 nitrogen and oxygen atoms in total. The zero-order valence-electron chi connectivity index (χ0n) is 14.2. The average Bonchev–Trinajstić information content (AvgIpc) is 2.96. The van der Waals surface area contributed by atoms with E-state index in [0.717, 1.165) is 29.8 Å². The molecule has 0 aliphatic heterocycles. The van der Waals surface area contributed by atoms with Crippen molar-refractivity contribution < 1.29 is 4.79 Å². The highest BCUT2D eigenvalue weighted by atomic mass is 16.1. The number of hydrogen-bond donors (Lipinski definition) is 1. The van der Waals surface area contributed by atoms with Crippen molar-refractivity contribution >= 4 is 16.9 Å². The van der Waals surface area contributed by atoms with Crippen molar-refractivity contribution in [3.05, 3.63) is 66.0 Å². The van der Waals surface area contributed by atoms with Gasteiger partial charge in [-0.25, -0.2) is 4.98 Å². The van der Waals surface area contributed by atoms with Crippen molar-refractivity contribution in [3.8, 4) is 0 Å². The lowest BCUT2D eigenvalue weighted by molar-refractivity contribution is -0.124. The molecule has 0 unspecified atom stereocenters. The standard InChI is InChI=1S/C20H23N3O/c1-15(2)20(24)21-14-19-22-17-10-6-7-11-18(17)23(19)13-12-16-8-4-3-5-9-16/h3-11,15H,12-14H2,1-2H3,(H,21,24). The Hall–Kier alpha value is -2.62. The number of aromatic nitrogens is 2. The Labute approximate surface area is 142 Å². The zero-order chi connectivity index (χ0) is 16.9. The number of imidazole rings is 1. The second kappa shape index (κ2) is 7.30. The highest BCUT2D eigenvalue weighted by molar-refractivity contribution is 5.78. The van der Waals surface area contributed by atoms with Crippen molar-refractivity contribution in [2.45, 2.75) is 33.4 Å². The van der Waals surface area contributed by atoms with Gasteiger partial charge in [-0.3, -0.25) is 4.79 Å². The van der Waals surface area contributed by atoms with E-state index in [0.29, 0.717) is 6.54 Å². The number of hydrogen-bond acceptors (Lipinski definition) is 2. The van der Waals surface area contributed by atoms with Gasteiger partial charge in [-0.15, -0.1) is 0 Å². The Morgan fingerprint density at radius 3 is 2.54 bits per heavy atom. The molecule has 0 aliphatic carbocycles. The summed E-state index contributed by atoms with van der Waals surface area (Å²) in [6.07, 6.45) is 0.937. The van der Waals surface area contributed by atoms with Crippen LogP contribution in [0, 0.1) is 5.92 Å². The molecule has 3 aromatic rings. The molecule has 2 aromatic carbocycles. The van der Waals surface area contributed by atoms with Crippen LogP contribution in [0.25, 0.3) is 11.0 Å². The Kier molecular flexibility index (Phi) is 4.94.